The summed E-state index contributed by atoms with van der Waals surface area (Å²) in [5.74, 6) is -0.514. The first-order chi connectivity index (χ1) is 10.3. The van der Waals surface area contributed by atoms with E-state index in [4.69, 9.17) is 28.3 Å². The van der Waals surface area contributed by atoms with Crippen LogP contribution in [-0.4, -0.2) is 36.1 Å². The molecule has 0 spiro atoms. The molecule has 1 unspecified atom stereocenters. The summed E-state index contributed by atoms with van der Waals surface area (Å²) in [6, 6.07) is 4.37. The van der Waals surface area contributed by atoms with Gasteiger partial charge in [0.25, 0.3) is 5.91 Å². The molecule has 0 saturated heterocycles. The Morgan fingerprint density at radius 1 is 1.23 bits per heavy atom. The van der Waals surface area contributed by atoms with E-state index in [0.29, 0.717) is 17.0 Å². The molecule has 1 rings (SSSR count). The maximum atomic E-state index is 11.9. The fourth-order valence-corrected chi connectivity index (χ4v) is 2.17. The topological polar surface area (TPSA) is 78.4 Å². The van der Waals surface area contributed by atoms with Gasteiger partial charge in [0.2, 0.25) is 5.91 Å². The molecule has 0 radical (unpaired) electrons. The molecule has 122 valence electrons. The molecule has 0 heterocycles. The van der Waals surface area contributed by atoms with E-state index in [9.17, 15) is 9.59 Å². The van der Waals surface area contributed by atoms with Crippen molar-refractivity contribution >= 4 is 35.0 Å². The molecular formula is C15H20Cl2N2O3. The summed E-state index contributed by atoms with van der Waals surface area (Å²) in [6.45, 7) is 3.76. The molecule has 2 amide bonds. The number of aliphatic hydroxyl groups excluding tert-OH is 1. The zero-order valence-corrected chi connectivity index (χ0v) is 14.0. The zero-order chi connectivity index (χ0) is 16.7. The van der Waals surface area contributed by atoms with Crippen LogP contribution in [0.15, 0.2) is 18.2 Å². The summed E-state index contributed by atoms with van der Waals surface area (Å²) < 4.78 is 0. The van der Waals surface area contributed by atoms with E-state index in [0.717, 1.165) is 0 Å². The molecule has 22 heavy (non-hydrogen) atoms. The van der Waals surface area contributed by atoms with Gasteiger partial charge < -0.3 is 15.7 Å². The summed E-state index contributed by atoms with van der Waals surface area (Å²) >= 11 is 11.6. The van der Waals surface area contributed by atoms with E-state index in [1.165, 1.54) is 18.2 Å². The monoisotopic (exact) mass is 346 g/mol. The van der Waals surface area contributed by atoms with Gasteiger partial charge in [0.15, 0.2) is 0 Å². The Hall–Kier alpha value is -1.30. The Kier molecular flexibility index (Phi) is 7.65. The zero-order valence-electron chi connectivity index (χ0n) is 12.5. The van der Waals surface area contributed by atoms with Crippen LogP contribution in [0.25, 0.3) is 0 Å². The van der Waals surface area contributed by atoms with Crippen molar-refractivity contribution in [2.24, 2.45) is 5.92 Å². The van der Waals surface area contributed by atoms with Gasteiger partial charge in [0, 0.05) is 18.2 Å². The number of hydrogen-bond acceptors (Lipinski definition) is 3. The first kappa shape index (κ1) is 18.7. The van der Waals surface area contributed by atoms with Crippen LogP contribution in [0.3, 0.4) is 0 Å². The largest absolute Gasteiger partial charge is 0.396 e. The number of aliphatic hydroxyl groups is 1. The highest BCUT2D eigenvalue weighted by molar-refractivity contribution is 6.42. The van der Waals surface area contributed by atoms with Gasteiger partial charge >= 0.3 is 0 Å². The summed E-state index contributed by atoms with van der Waals surface area (Å²) in [4.78, 5) is 23.8. The molecule has 5 nitrogen and oxygen atoms in total. The fourth-order valence-electron chi connectivity index (χ4n) is 1.87. The molecule has 1 aromatic carbocycles. The van der Waals surface area contributed by atoms with Gasteiger partial charge in [-0.3, -0.25) is 9.59 Å². The molecule has 0 aliphatic carbocycles. The van der Waals surface area contributed by atoms with Gasteiger partial charge in [-0.2, -0.15) is 0 Å². The van der Waals surface area contributed by atoms with E-state index < -0.39 is 5.91 Å². The average molecular weight is 347 g/mol. The van der Waals surface area contributed by atoms with Gasteiger partial charge in [0.05, 0.1) is 16.6 Å². The smallest absolute Gasteiger partial charge is 0.251 e. The molecule has 0 aromatic heterocycles. The van der Waals surface area contributed by atoms with Gasteiger partial charge in [0.1, 0.15) is 0 Å². The Balaban J connectivity index is 2.52. The van der Waals surface area contributed by atoms with Crippen molar-refractivity contribution < 1.29 is 14.7 Å². The van der Waals surface area contributed by atoms with Crippen LogP contribution in [-0.2, 0) is 4.79 Å². The maximum Gasteiger partial charge on any atom is 0.251 e. The molecule has 3 N–H and O–H groups in total. The minimum atomic E-state index is -0.406. The second-order valence-corrected chi connectivity index (χ2v) is 6.06. The van der Waals surface area contributed by atoms with Crippen LogP contribution in [0, 0.1) is 5.92 Å². The van der Waals surface area contributed by atoms with Gasteiger partial charge in [-0.15, -0.1) is 0 Å². The molecule has 0 saturated carbocycles. The summed E-state index contributed by atoms with van der Waals surface area (Å²) in [5.41, 5.74) is 0.331. The summed E-state index contributed by atoms with van der Waals surface area (Å²) in [6.07, 6.45) is 0.476. The molecule has 0 aliphatic heterocycles. The highest BCUT2D eigenvalue weighted by Crippen LogP contribution is 2.22. The van der Waals surface area contributed by atoms with Crippen LogP contribution in [0.4, 0.5) is 0 Å². The summed E-state index contributed by atoms with van der Waals surface area (Å²) in [5, 5.41) is 14.9. The van der Waals surface area contributed by atoms with E-state index in [1.807, 2.05) is 13.8 Å². The van der Waals surface area contributed by atoms with Crippen LogP contribution >= 0.6 is 23.2 Å². The number of benzene rings is 1. The Bertz CT molecular complexity index is 536. The standard InChI is InChI=1S/C15H20Cl2N2O3/c1-9(2)13(5-6-20)19-14(21)8-18-15(22)10-3-4-11(16)12(17)7-10/h3-4,7,9,13,20H,5-6,8H2,1-2H3,(H,18,22)(H,19,21). The van der Waals surface area contributed by atoms with Gasteiger partial charge in [-0.05, 0) is 30.5 Å². The van der Waals surface area contributed by atoms with Crippen LogP contribution in [0.5, 0.6) is 0 Å². The van der Waals surface area contributed by atoms with Crippen molar-refractivity contribution in [3.8, 4) is 0 Å². The third-order valence-electron chi connectivity index (χ3n) is 3.18. The van der Waals surface area contributed by atoms with E-state index in [1.54, 1.807) is 0 Å². The fraction of sp³-hybridized carbons (Fsp3) is 0.467. The minimum absolute atomic E-state index is 0.00123. The second kappa shape index (κ2) is 8.98. The maximum absolute atomic E-state index is 11.9. The van der Waals surface area contributed by atoms with E-state index >= 15 is 0 Å². The first-order valence-electron chi connectivity index (χ1n) is 6.98. The van der Waals surface area contributed by atoms with E-state index in [2.05, 4.69) is 10.6 Å². The van der Waals surface area contributed by atoms with Crippen molar-refractivity contribution in [1.29, 1.82) is 0 Å². The molecule has 1 atom stereocenters. The third-order valence-corrected chi connectivity index (χ3v) is 3.92. The number of nitrogens with one attached hydrogen (secondary N) is 2. The molecule has 1 aromatic rings. The predicted octanol–water partition coefficient (Wildman–Crippen LogP) is 2.25. The highest BCUT2D eigenvalue weighted by atomic mass is 35.5. The lowest BCUT2D eigenvalue weighted by Gasteiger charge is -2.21. The van der Waals surface area contributed by atoms with Crippen molar-refractivity contribution in [3.63, 3.8) is 0 Å². The number of hydrogen-bond donors (Lipinski definition) is 3. The Morgan fingerprint density at radius 2 is 1.91 bits per heavy atom. The number of carbonyl (C=O) groups is 2. The second-order valence-electron chi connectivity index (χ2n) is 5.24. The normalized spacial score (nSPS) is 12.1. The molecule has 0 bridgehead atoms. The van der Waals surface area contributed by atoms with Crippen LogP contribution < -0.4 is 10.6 Å². The molecular weight excluding hydrogens is 327 g/mol. The number of amides is 2. The molecule has 0 aliphatic rings. The number of carbonyl (C=O) groups excluding carboxylic acids is 2. The van der Waals surface area contributed by atoms with Gasteiger partial charge in [-0.25, -0.2) is 0 Å². The predicted molar refractivity (Wildman–Crippen MR) is 87.3 cm³/mol. The average Bonchev–Trinajstić information content (AvgIpc) is 2.47. The lowest BCUT2D eigenvalue weighted by atomic mass is 10.0. The lowest BCUT2D eigenvalue weighted by molar-refractivity contribution is -0.121. The number of halogens is 2. The summed E-state index contributed by atoms with van der Waals surface area (Å²) in [7, 11) is 0. The quantitative estimate of drug-likeness (QED) is 0.708. The Labute approximate surface area is 140 Å². The molecule has 7 heteroatoms. The highest BCUT2D eigenvalue weighted by Gasteiger charge is 2.16. The van der Waals surface area contributed by atoms with Crippen LogP contribution in [0.2, 0.25) is 10.0 Å². The third kappa shape index (κ3) is 5.83. The Morgan fingerprint density at radius 3 is 2.45 bits per heavy atom. The molecule has 0 fully saturated rings. The minimum Gasteiger partial charge on any atom is -0.396 e. The first-order valence-corrected chi connectivity index (χ1v) is 7.74. The van der Waals surface area contributed by atoms with Crippen molar-refractivity contribution in [2.45, 2.75) is 26.3 Å². The van der Waals surface area contributed by atoms with Crippen LogP contribution in [0.1, 0.15) is 30.6 Å². The van der Waals surface area contributed by atoms with Gasteiger partial charge in [-0.1, -0.05) is 37.0 Å². The van der Waals surface area contributed by atoms with Crippen molar-refractivity contribution in [1.82, 2.24) is 10.6 Å². The number of rotatable bonds is 7. The van der Waals surface area contributed by atoms with Crippen molar-refractivity contribution in [2.75, 3.05) is 13.2 Å². The SMILES string of the molecule is CC(C)C(CCO)NC(=O)CNC(=O)c1ccc(Cl)c(Cl)c1. The van der Waals surface area contributed by atoms with Crippen molar-refractivity contribution in [3.05, 3.63) is 33.8 Å². The van der Waals surface area contributed by atoms with E-state index in [-0.39, 0.29) is 36.0 Å². The lowest BCUT2D eigenvalue weighted by Crippen LogP contribution is -2.44.